The van der Waals surface area contributed by atoms with Crippen molar-refractivity contribution in [3.8, 4) is 0 Å². The van der Waals surface area contributed by atoms with Crippen molar-refractivity contribution < 1.29 is 0 Å². The quantitative estimate of drug-likeness (QED) is 0.803. The highest BCUT2D eigenvalue weighted by atomic mass is 14.8. The van der Waals surface area contributed by atoms with Gasteiger partial charge in [0.2, 0.25) is 0 Å². The molecule has 0 aromatic carbocycles. The van der Waals surface area contributed by atoms with Crippen molar-refractivity contribution in [1.82, 2.24) is 9.97 Å². The third kappa shape index (κ3) is 6.54. The molecule has 14 heavy (non-hydrogen) atoms. The molecule has 0 saturated heterocycles. The summed E-state index contributed by atoms with van der Waals surface area (Å²) in [5.41, 5.74) is 7.17. The lowest BCUT2D eigenvalue weighted by Gasteiger charge is -1.92. The third-order valence-corrected chi connectivity index (χ3v) is 1.75. The van der Waals surface area contributed by atoms with E-state index in [0.717, 1.165) is 24.4 Å². The van der Waals surface area contributed by atoms with E-state index in [9.17, 15) is 0 Å². The van der Waals surface area contributed by atoms with Crippen LogP contribution < -0.4 is 5.73 Å². The van der Waals surface area contributed by atoms with Crippen LogP contribution in [0.4, 0.5) is 0 Å². The molecule has 1 aromatic heterocycles. The summed E-state index contributed by atoms with van der Waals surface area (Å²) >= 11 is 0. The Morgan fingerprint density at radius 2 is 1.93 bits per heavy atom. The van der Waals surface area contributed by atoms with E-state index >= 15 is 0 Å². The molecule has 3 nitrogen and oxygen atoms in total. The van der Waals surface area contributed by atoms with Gasteiger partial charge in [-0.25, -0.2) is 0 Å². The van der Waals surface area contributed by atoms with E-state index in [4.69, 9.17) is 5.73 Å². The largest absolute Gasteiger partial charge is 0.330 e. The van der Waals surface area contributed by atoms with Crippen LogP contribution in [0.15, 0.2) is 12.4 Å². The molecule has 1 heterocycles. The highest BCUT2D eigenvalue weighted by Gasteiger charge is 1.87. The average Bonchev–Trinajstić information content (AvgIpc) is 2.21. The zero-order valence-electron chi connectivity index (χ0n) is 9.45. The van der Waals surface area contributed by atoms with Gasteiger partial charge < -0.3 is 5.73 Å². The Bertz CT molecular complexity index is 216. The monoisotopic (exact) mass is 195 g/mol. The highest BCUT2D eigenvalue weighted by Crippen LogP contribution is 1.92. The molecule has 1 rings (SSSR count). The zero-order chi connectivity index (χ0) is 10.8. The molecule has 0 spiro atoms. The van der Waals surface area contributed by atoms with E-state index in [-0.39, 0.29) is 0 Å². The van der Waals surface area contributed by atoms with Crippen LogP contribution in [-0.2, 0) is 6.42 Å². The maximum Gasteiger partial charge on any atom is 0.0584 e. The minimum absolute atomic E-state index is 0.844. The smallest absolute Gasteiger partial charge is 0.0584 e. The number of unbranched alkanes of at least 4 members (excludes halogenated alkanes) is 1. The molecule has 0 aliphatic carbocycles. The first-order chi connectivity index (χ1) is 6.74. The maximum atomic E-state index is 5.14. The zero-order valence-corrected chi connectivity index (χ0v) is 9.45. The van der Waals surface area contributed by atoms with Crippen molar-refractivity contribution >= 4 is 0 Å². The second-order valence-electron chi connectivity index (χ2n) is 3.14. The van der Waals surface area contributed by atoms with E-state index in [1.54, 1.807) is 6.20 Å². The molecular formula is C11H21N3. The van der Waals surface area contributed by atoms with Crippen LogP contribution in [-0.4, -0.2) is 16.5 Å². The number of aromatic nitrogens is 2. The summed E-state index contributed by atoms with van der Waals surface area (Å²) in [4.78, 5) is 8.22. The van der Waals surface area contributed by atoms with Gasteiger partial charge in [-0.3, -0.25) is 9.97 Å². The van der Waals surface area contributed by atoms with E-state index in [1.807, 2.05) is 13.1 Å². The van der Waals surface area contributed by atoms with Crippen LogP contribution in [0.2, 0.25) is 0 Å². The highest BCUT2D eigenvalue weighted by molar-refractivity contribution is 4.99. The van der Waals surface area contributed by atoms with Crippen LogP contribution in [0, 0.1) is 6.92 Å². The van der Waals surface area contributed by atoms with E-state index in [0.29, 0.717) is 0 Å². The van der Waals surface area contributed by atoms with Gasteiger partial charge in [0.25, 0.3) is 0 Å². The van der Waals surface area contributed by atoms with Crippen molar-refractivity contribution in [1.29, 1.82) is 0 Å². The topological polar surface area (TPSA) is 51.8 Å². The minimum Gasteiger partial charge on any atom is -0.330 e. The average molecular weight is 195 g/mol. The molecule has 0 radical (unpaired) electrons. The fourth-order valence-electron chi connectivity index (χ4n) is 0.806. The number of hydrogen-bond donors (Lipinski definition) is 1. The Labute approximate surface area is 86.8 Å². The summed E-state index contributed by atoms with van der Waals surface area (Å²) in [6, 6.07) is 0. The Balaban J connectivity index is 0.000000292. The first-order valence-electron chi connectivity index (χ1n) is 5.22. The fourth-order valence-corrected chi connectivity index (χ4v) is 0.806. The van der Waals surface area contributed by atoms with Gasteiger partial charge in [0.05, 0.1) is 11.4 Å². The predicted molar refractivity (Wildman–Crippen MR) is 60.1 cm³/mol. The molecule has 0 amide bonds. The Morgan fingerprint density at radius 1 is 1.21 bits per heavy atom. The standard InChI is InChI=1S/C7H10N2.C4H11N/c1-3-7-5-8-6(2)4-9-7;1-2-3-4-5/h4-5H,3H2,1-2H3;2-5H2,1H3. The normalized spacial score (nSPS) is 9.14. The molecule has 0 saturated carbocycles. The molecule has 0 bridgehead atoms. The molecule has 0 aliphatic rings. The molecule has 80 valence electrons. The van der Waals surface area contributed by atoms with Crippen molar-refractivity contribution in [2.75, 3.05) is 6.54 Å². The summed E-state index contributed by atoms with van der Waals surface area (Å²) in [5, 5.41) is 0. The van der Waals surface area contributed by atoms with Gasteiger partial charge in [-0.05, 0) is 26.3 Å². The van der Waals surface area contributed by atoms with Gasteiger partial charge in [0.15, 0.2) is 0 Å². The van der Waals surface area contributed by atoms with Crippen molar-refractivity contribution in [2.45, 2.75) is 40.0 Å². The number of aryl methyl sites for hydroxylation is 2. The molecular weight excluding hydrogens is 174 g/mol. The Hall–Kier alpha value is -0.960. The van der Waals surface area contributed by atoms with Crippen LogP contribution in [0.5, 0.6) is 0 Å². The first kappa shape index (κ1) is 13.0. The minimum atomic E-state index is 0.844. The van der Waals surface area contributed by atoms with Crippen LogP contribution >= 0.6 is 0 Å². The van der Waals surface area contributed by atoms with E-state index in [2.05, 4.69) is 23.8 Å². The number of nitrogens with two attached hydrogens (primary N) is 1. The summed E-state index contributed by atoms with van der Waals surface area (Å²) < 4.78 is 0. The van der Waals surface area contributed by atoms with Gasteiger partial charge in [0.1, 0.15) is 0 Å². The van der Waals surface area contributed by atoms with Gasteiger partial charge in [-0.15, -0.1) is 0 Å². The summed E-state index contributed by atoms with van der Waals surface area (Å²) in [6.45, 7) is 6.98. The van der Waals surface area contributed by atoms with Crippen LogP contribution in [0.1, 0.15) is 38.1 Å². The third-order valence-electron chi connectivity index (χ3n) is 1.75. The second kappa shape index (κ2) is 8.63. The molecule has 1 aromatic rings. The molecule has 2 N–H and O–H groups in total. The molecule has 0 unspecified atom stereocenters. The molecule has 0 fully saturated rings. The maximum absolute atomic E-state index is 5.14. The fraction of sp³-hybridized carbons (Fsp3) is 0.636. The van der Waals surface area contributed by atoms with Crippen LogP contribution in [0.3, 0.4) is 0 Å². The molecule has 3 heteroatoms. The lowest BCUT2D eigenvalue weighted by Crippen LogP contribution is -1.95. The summed E-state index contributed by atoms with van der Waals surface area (Å²) in [5.74, 6) is 0. The lowest BCUT2D eigenvalue weighted by molar-refractivity contribution is 0.807. The van der Waals surface area contributed by atoms with Gasteiger partial charge in [-0.1, -0.05) is 20.3 Å². The number of hydrogen-bond acceptors (Lipinski definition) is 3. The van der Waals surface area contributed by atoms with Gasteiger partial charge >= 0.3 is 0 Å². The van der Waals surface area contributed by atoms with Crippen LogP contribution in [0.25, 0.3) is 0 Å². The molecule has 0 atom stereocenters. The van der Waals surface area contributed by atoms with Crippen molar-refractivity contribution in [3.05, 3.63) is 23.8 Å². The van der Waals surface area contributed by atoms with E-state index in [1.165, 1.54) is 12.8 Å². The van der Waals surface area contributed by atoms with Gasteiger partial charge in [-0.2, -0.15) is 0 Å². The van der Waals surface area contributed by atoms with Gasteiger partial charge in [0, 0.05) is 12.4 Å². The summed E-state index contributed by atoms with van der Waals surface area (Å²) in [7, 11) is 0. The molecule has 0 aliphatic heterocycles. The number of nitrogens with zero attached hydrogens (tertiary/aromatic N) is 2. The van der Waals surface area contributed by atoms with Crippen molar-refractivity contribution in [3.63, 3.8) is 0 Å². The summed E-state index contributed by atoms with van der Waals surface area (Å²) in [6.07, 6.45) is 6.96. The Kier molecular flexibility index (Phi) is 8.04. The lowest BCUT2D eigenvalue weighted by atomic mass is 10.3. The predicted octanol–water partition coefficient (Wildman–Crippen LogP) is 2.09. The van der Waals surface area contributed by atoms with E-state index < -0.39 is 0 Å². The first-order valence-corrected chi connectivity index (χ1v) is 5.22. The van der Waals surface area contributed by atoms with Crippen molar-refractivity contribution in [2.24, 2.45) is 5.73 Å². The second-order valence-corrected chi connectivity index (χ2v) is 3.14. The number of rotatable bonds is 3. The Morgan fingerprint density at radius 3 is 2.21 bits per heavy atom. The SMILES string of the molecule is CCCCN.CCc1cnc(C)cn1.